The number of nitrogens with one attached hydrogen (secondary N) is 3. The van der Waals surface area contributed by atoms with E-state index in [4.69, 9.17) is 16.6 Å². The Labute approximate surface area is 226 Å². The van der Waals surface area contributed by atoms with Crippen LogP contribution in [0.3, 0.4) is 0 Å². The molecule has 1 spiro atoms. The summed E-state index contributed by atoms with van der Waals surface area (Å²) in [5, 5.41) is 14.5. The molecule has 198 valence electrons. The summed E-state index contributed by atoms with van der Waals surface area (Å²) in [5.41, 5.74) is 5.94. The lowest BCUT2D eigenvalue weighted by molar-refractivity contribution is 0.0906. The normalized spacial score (nSPS) is 18.1. The number of imidazole rings is 1. The number of rotatable bonds is 6. The molecule has 1 atom stereocenters. The summed E-state index contributed by atoms with van der Waals surface area (Å²) in [4.78, 5) is 28.8. The summed E-state index contributed by atoms with van der Waals surface area (Å²) in [5.74, 6) is 0.497. The van der Waals surface area contributed by atoms with E-state index in [1.807, 2.05) is 6.07 Å². The Balaban J connectivity index is 1.25. The van der Waals surface area contributed by atoms with Crippen LogP contribution in [0.4, 0.5) is 11.4 Å². The van der Waals surface area contributed by atoms with Crippen molar-refractivity contribution in [2.24, 2.45) is 5.41 Å². The molecular formula is C29H33ClN6O2. The van der Waals surface area contributed by atoms with Crippen molar-refractivity contribution in [1.82, 2.24) is 19.9 Å². The number of aromatic amines is 2. The second kappa shape index (κ2) is 9.76. The number of aromatic nitrogens is 3. The third kappa shape index (κ3) is 4.68. The number of aliphatic hydroxyl groups is 1. The summed E-state index contributed by atoms with van der Waals surface area (Å²) >= 11 is 6.08. The third-order valence-corrected chi connectivity index (χ3v) is 8.38. The van der Waals surface area contributed by atoms with Crippen molar-refractivity contribution in [3.05, 3.63) is 75.2 Å². The van der Waals surface area contributed by atoms with Gasteiger partial charge in [-0.25, -0.2) is 4.98 Å². The van der Waals surface area contributed by atoms with Gasteiger partial charge in [0.25, 0.3) is 5.56 Å². The van der Waals surface area contributed by atoms with Crippen LogP contribution < -0.4 is 15.8 Å². The molecule has 2 saturated heterocycles. The number of hydrogen-bond acceptors (Lipinski definition) is 6. The first-order valence-corrected chi connectivity index (χ1v) is 13.5. The summed E-state index contributed by atoms with van der Waals surface area (Å²) in [6.45, 7) is 6.81. The molecule has 2 aromatic heterocycles. The highest BCUT2D eigenvalue weighted by atomic mass is 35.5. The Kier molecular flexibility index (Phi) is 6.42. The number of H-pyrrole nitrogens is 2. The van der Waals surface area contributed by atoms with Crippen LogP contribution in [-0.4, -0.2) is 64.7 Å². The number of aliphatic hydroxyl groups excluding tert-OH is 1. The molecule has 9 heteroatoms. The van der Waals surface area contributed by atoms with Gasteiger partial charge in [-0.1, -0.05) is 23.7 Å². The van der Waals surface area contributed by atoms with Crippen molar-refractivity contribution in [3.63, 3.8) is 0 Å². The van der Waals surface area contributed by atoms with E-state index in [0.717, 1.165) is 29.7 Å². The average Bonchev–Trinajstić information content (AvgIpc) is 3.31. The average molecular weight is 533 g/mol. The van der Waals surface area contributed by atoms with Gasteiger partial charge in [-0.2, -0.15) is 0 Å². The van der Waals surface area contributed by atoms with Gasteiger partial charge in [0.1, 0.15) is 11.4 Å². The van der Waals surface area contributed by atoms with E-state index in [-0.39, 0.29) is 12.1 Å². The van der Waals surface area contributed by atoms with Crippen molar-refractivity contribution in [2.75, 3.05) is 50.0 Å². The van der Waals surface area contributed by atoms with Gasteiger partial charge in [0.15, 0.2) is 0 Å². The maximum absolute atomic E-state index is 12.9. The Morgan fingerprint density at radius 3 is 2.74 bits per heavy atom. The van der Waals surface area contributed by atoms with Crippen molar-refractivity contribution < 1.29 is 5.11 Å². The van der Waals surface area contributed by atoms with E-state index >= 15 is 0 Å². The number of fused-ring (bicyclic) bond motifs is 1. The second-order valence-electron chi connectivity index (χ2n) is 11.0. The number of aryl methyl sites for hydroxylation is 1. The van der Waals surface area contributed by atoms with Gasteiger partial charge >= 0.3 is 0 Å². The van der Waals surface area contributed by atoms with Gasteiger partial charge in [0.2, 0.25) is 0 Å². The smallest absolute Gasteiger partial charge is 0.261 e. The maximum atomic E-state index is 12.9. The predicted octanol–water partition coefficient (Wildman–Crippen LogP) is 4.56. The lowest BCUT2D eigenvalue weighted by Gasteiger charge is -2.54. The first kappa shape index (κ1) is 25.0. The lowest BCUT2D eigenvalue weighted by Crippen LogP contribution is -2.60. The molecular weight excluding hydrogens is 500 g/mol. The molecule has 6 rings (SSSR count). The number of likely N-dealkylation sites (tertiary alicyclic amines) is 1. The van der Waals surface area contributed by atoms with Crippen LogP contribution in [0.5, 0.6) is 0 Å². The Morgan fingerprint density at radius 1 is 1.18 bits per heavy atom. The number of piperidine rings is 1. The SMILES string of the molecule is Cc1cc(N2CC3(CCN(C)CC3)C2)cc2[nH]c(-c3c(NC[C@H](O)c4cccc(Cl)c4)cc[nH]c3=O)nc12. The first-order chi connectivity index (χ1) is 18.3. The van der Waals surface area contributed by atoms with Crippen molar-refractivity contribution in [3.8, 4) is 11.4 Å². The molecule has 0 radical (unpaired) electrons. The summed E-state index contributed by atoms with van der Waals surface area (Å²) in [7, 11) is 2.20. The second-order valence-corrected chi connectivity index (χ2v) is 11.4. The van der Waals surface area contributed by atoms with E-state index in [0.29, 0.717) is 33.1 Å². The lowest BCUT2D eigenvalue weighted by atomic mass is 9.72. The predicted molar refractivity (Wildman–Crippen MR) is 153 cm³/mol. The van der Waals surface area contributed by atoms with E-state index in [1.165, 1.54) is 31.6 Å². The molecule has 2 aliphatic heterocycles. The molecule has 2 fully saturated rings. The minimum atomic E-state index is -0.786. The van der Waals surface area contributed by atoms with Crippen molar-refractivity contribution in [1.29, 1.82) is 0 Å². The molecule has 2 aromatic carbocycles. The van der Waals surface area contributed by atoms with E-state index in [1.54, 1.807) is 30.5 Å². The summed E-state index contributed by atoms with van der Waals surface area (Å²) in [6.07, 6.45) is 3.32. The molecule has 8 nitrogen and oxygen atoms in total. The number of anilines is 2. The zero-order valence-corrected chi connectivity index (χ0v) is 22.5. The number of halogens is 1. The zero-order valence-electron chi connectivity index (χ0n) is 21.7. The Morgan fingerprint density at radius 2 is 1.97 bits per heavy atom. The van der Waals surface area contributed by atoms with Crippen molar-refractivity contribution >= 4 is 34.0 Å². The number of nitrogens with zero attached hydrogens (tertiary/aromatic N) is 3. The fraction of sp³-hybridized carbons (Fsp3) is 0.379. The van der Waals surface area contributed by atoms with E-state index in [9.17, 15) is 9.90 Å². The molecule has 4 aromatic rings. The summed E-state index contributed by atoms with van der Waals surface area (Å²) < 4.78 is 0. The molecule has 4 N–H and O–H groups in total. The first-order valence-electron chi connectivity index (χ1n) is 13.1. The third-order valence-electron chi connectivity index (χ3n) is 8.14. The van der Waals surface area contributed by atoms with Crippen LogP contribution in [0.1, 0.15) is 30.1 Å². The topological polar surface area (TPSA) is 100 Å². The molecule has 0 unspecified atom stereocenters. The molecule has 2 aliphatic rings. The number of pyridine rings is 1. The number of hydrogen-bond donors (Lipinski definition) is 4. The monoisotopic (exact) mass is 532 g/mol. The van der Waals surface area contributed by atoms with Gasteiger partial charge in [0.05, 0.1) is 22.8 Å². The van der Waals surface area contributed by atoms with Crippen LogP contribution in [0.25, 0.3) is 22.4 Å². The van der Waals surface area contributed by atoms with Crippen LogP contribution >= 0.6 is 11.6 Å². The van der Waals surface area contributed by atoms with Crippen LogP contribution in [0, 0.1) is 12.3 Å². The Hall–Kier alpha value is -3.33. The highest BCUT2D eigenvalue weighted by Crippen LogP contribution is 2.43. The molecule has 0 aliphatic carbocycles. The van der Waals surface area contributed by atoms with Crippen LogP contribution in [-0.2, 0) is 0 Å². The maximum Gasteiger partial charge on any atom is 0.261 e. The van der Waals surface area contributed by atoms with Gasteiger partial charge in [0, 0.05) is 42.0 Å². The van der Waals surface area contributed by atoms with Gasteiger partial charge in [-0.3, -0.25) is 4.79 Å². The van der Waals surface area contributed by atoms with Gasteiger partial charge < -0.3 is 30.2 Å². The highest BCUT2D eigenvalue weighted by molar-refractivity contribution is 6.30. The highest BCUT2D eigenvalue weighted by Gasteiger charge is 2.44. The number of benzene rings is 2. The Bertz CT molecular complexity index is 1530. The van der Waals surface area contributed by atoms with Crippen molar-refractivity contribution in [2.45, 2.75) is 25.9 Å². The fourth-order valence-electron chi connectivity index (χ4n) is 5.83. The summed E-state index contributed by atoms with van der Waals surface area (Å²) in [6, 6.07) is 13.3. The molecule has 0 bridgehead atoms. The minimum absolute atomic E-state index is 0.215. The zero-order chi connectivity index (χ0) is 26.4. The minimum Gasteiger partial charge on any atom is -0.387 e. The standard InChI is InChI=1S/C29H33ClN6O2/c1-18-12-21(36-16-29(17-36)7-10-35(2)11-8-29)14-23-26(18)34-27(33-23)25-22(6-9-31-28(25)38)32-15-24(37)19-4-3-5-20(30)13-19/h3-6,9,12-14,24,37H,7-8,10-11,15-17H2,1-2H3,(H,33,34)(H2,31,32,38)/t24-/m0/s1. The molecule has 0 saturated carbocycles. The van der Waals surface area contributed by atoms with Gasteiger partial charge in [-0.15, -0.1) is 0 Å². The fourth-order valence-corrected chi connectivity index (χ4v) is 6.03. The largest absolute Gasteiger partial charge is 0.387 e. The van der Waals surface area contributed by atoms with Crippen LogP contribution in [0.15, 0.2) is 53.5 Å². The quantitative estimate of drug-likeness (QED) is 0.290. The molecule has 0 amide bonds. The molecule has 38 heavy (non-hydrogen) atoms. The van der Waals surface area contributed by atoms with E-state index in [2.05, 4.69) is 51.2 Å². The molecule has 4 heterocycles. The van der Waals surface area contributed by atoms with E-state index < -0.39 is 6.10 Å². The van der Waals surface area contributed by atoms with Gasteiger partial charge in [-0.05, 0) is 81.4 Å². The van der Waals surface area contributed by atoms with Crippen LogP contribution in [0.2, 0.25) is 5.02 Å².